The largest absolute Gasteiger partial charge is 0.450 e. The first-order valence-corrected chi connectivity index (χ1v) is 15.3. The van der Waals surface area contributed by atoms with Crippen molar-refractivity contribution in [3.05, 3.63) is 71.3 Å². The maximum Gasteiger partial charge on any atom is 0.418 e. The molecule has 2 fully saturated rings. The number of nitrogens with zero attached hydrogens (tertiary/aromatic N) is 2. The van der Waals surface area contributed by atoms with Gasteiger partial charge in [0, 0.05) is 37.8 Å². The van der Waals surface area contributed by atoms with Gasteiger partial charge in [-0.1, -0.05) is 49.2 Å². The molecular weight excluding hydrogens is 538 g/mol. The molecule has 0 bridgehead atoms. The lowest BCUT2D eigenvalue weighted by atomic mass is 9.71. The molecule has 0 aromatic heterocycles. The Morgan fingerprint density at radius 1 is 0.690 bits per heavy atom. The SMILES string of the molecule is CN(C)CC1CCCCC1(Cc1ccccc1F)OC(=O)C(=O)OC1(Cc2ccccc2F)CCCCC1CN(C)C. The van der Waals surface area contributed by atoms with Crippen LogP contribution < -0.4 is 0 Å². The predicted octanol–water partition coefficient (Wildman–Crippen LogP) is 5.82. The van der Waals surface area contributed by atoms with Crippen molar-refractivity contribution in [3.8, 4) is 0 Å². The summed E-state index contributed by atoms with van der Waals surface area (Å²) in [4.78, 5) is 31.5. The van der Waals surface area contributed by atoms with Crippen LogP contribution in [0.5, 0.6) is 0 Å². The normalized spacial score (nSPS) is 26.3. The zero-order chi connectivity index (χ0) is 30.3. The van der Waals surface area contributed by atoms with E-state index in [-0.39, 0.29) is 36.3 Å². The van der Waals surface area contributed by atoms with Gasteiger partial charge >= 0.3 is 11.9 Å². The average molecular weight is 585 g/mol. The molecular formula is C34H46F2N2O4. The fraction of sp³-hybridized carbons (Fsp3) is 0.588. The minimum atomic E-state index is -1.06. The maximum atomic E-state index is 14.9. The lowest BCUT2D eigenvalue weighted by Crippen LogP contribution is -2.54. The van der Waals surface area contributed by atoms with Crippen molar-refractivity contribution in [1.29, 1.82) is 0 Å². The molecule has 0 amide bonds. The number of halogens is 2. The minimum Gasteiger partial charge on any atom is -0.450 e. The number of esters is 2. The molecule has 2 aromatic carbocycles. The molecule has 4 atom stereocenters. The standard InChI is InChI=1S/C34H46F2N2O4/c1-37(2)23-27-15-9-11-19-33(27,21-25-13-5-7-17-29(25)35)41-31(39)32(40)42-34(22-26-14-6-8-18-30(26)36)20-12-10-16-28(34)24-38(3)4/h5-8,13-14,17-18,27-28H,9-12,15-16,19-24H2,1-4H3. The van der Waals surface area contributed by atoms with Crippen molar-refractivity contribution >= 4 is 11.9 Å². The van der Waals surface area contributed by atoms with Crippen LogP contribution in [0.25, 0.3) is 0 Å². The summed E-state index contributed by atoms with van der Waals surface area (Å²) in [7, 11) is 7.83. The molecule has 0 heterocycles. The Labute approximate surface area is 249 Å². The number of benzene rings is 2. The summed E-state index contributed by atoms with van der Waals surface area (Å²) in [5.41, 5.74) is -1.18. The zero-order valence-corrected chi connectivity index (χ0v) is 25.5. The maximum absolute atomic E-state index is 14.9. The first-order valence-electron chi connectivity index (χ1n) is 15.3. The summed E-state index contributed by atoms with van der Waals surface area (Å²) in [6.45, 7) is 1.28. The highest BCUT2D eigenvalue weighted by molar-refractivity contribution is 6.30. The van der Waals surface area contributed by atoms with E-state index in [9.17, 15) is 18.4 Å². The summed E-state index contributed by atoms with van der Waals surface area (Å²) >= 11 is 0. The first-order chi connectivity index (χ1) is 20.0. The van der Waals surface area contributed by atoms with E-state index in [1.54, 1.807) is 36.4 Å². The molecule has 4 rings (SSSR count). The second-order valence-corrected chi connectivity index (χ2v) is 12.9. The van der Waals surface area contributed by atoms with E-state index in [0.717, 1.165) is 38.5 Å². The molecule has 2 aliphatic carbocycles. The van der Waals surface area contributed by atoms with Gasteiger partial charge in [0.1, 0.15) is 22.8 Å². The van der Waals surface area contributed by atoms with E-state index < -0.39 is 23.1 Å². The molecule has 2 saturated carbocycles. The number of rotatable bonds is 10. The summed E-state index contributed by atoms with van der Waals surface area (Å²) in [6.07, 6.45) is 6.58. The molecule has 2 aromatic rings. The summed E-state index contributed by atoms with van der Waals surface area (Å²) in [5.74, 6) is -3.00. The molecule has 0 spiro atoms. The number of hydrogen-bond donors (Lipinski definition) is 0. The smallest absolute Gasteiger partial charge is 0.418 e. The van der Waals surface area contributed by atoms with Crippen LogP contribution in [-0.2, 0) is 31.9 Å². The second-order valence-electron chi connectivity index (χ2n) is 12.9. The van der Waals surface area contributed by atoms with Crippen LogP contribution in [-0.4, -0.2) is 74.2 Å². The fourth-order valence-electron chi connectivity index (χ4n) is 7.15. The average Bonchev–Trinajstić information content (AvgIpc) is 2.93. The highest BCUT2D eigenvalue weighted by Crippen LogP contribution is 2.43. The molecule has 42 heavy (non-hydrogen) atoms. The first kappa shape index (κ1) is 32.1. The van der Waals surface area contributed by atoms with Crippen LogP contribution in [0.2, 0.25) is 0 Å². The summed E-state index contributed by atoms with van der Waals surface area (Å²) in [5, 5.41) is 0. The molecule has 2 aliphatic rings. The Hall–Kier alpha value is -2.84. The summed E-state index contributed by atoms with van der Waals surface area (Å²) in [6, 6.07) is 13.0. The van der Waals surface area contributed by atoms with Crippen LogP contribution >= 0.6 is 0 Å². The monoisotopic (exact) mass is 584 g/mol. The number of carbonyl (C=O) groups is 2. The van der Waals surface area contributed by atoms with Crippen molar-refractivity contribution < 1.29 is 27.8 Å². The van der Waals surface area contributed by atoms with Gasteiger partial charge in [-0.25, -0.2) is 18.4 Å². The van der Waals surface area contributed by atoms with Gasteiger partial charge in [-0.15, -0.1) is 0 Å². The van der Waals surface area contributed by atoms with E-state index in [4.69, 9.17) is 9.47 Å². The number of ether oxygens (including phenoxy) is 2. The second kappa shape index (κ2) is 14.1. The van der Waals surface area contributed by atoms with Gasteiger partial charge in [-0.2, -0.15) is 0 Å². The number of hydrogen-bond acceptors (Lipinski definition) is 6. The van der Waals surface area contributed by atoms with E-state index in [1.807, 2.05) is 38.0 Å². The highest BCUT2D eigenvalue weighted by atomic mass is 19.1. The van der Waals surface area contributed by atoms with Crippen LogP contribution in [0.3, 0.4) is 0 Å². The van der Waals surface area contributed by atoms with Gasteiger partial charge in [-0.3, -0.25) is 0 Å². The lowest BCUT2D eigenvalue weighted by molar-refractivity contribution is -0.198. The lowest BCUT2D eigenvalue weighted by Gasteiger charge is -2.46. The third-order valence-electron chi connectivity index (χ3n) is 9.12. The Morgan fingerprint density at radius 3 is 1.43 bits per heavy atom. The van der Waals surface area contributed by atoms with Gasteiger partial charge in [0.05, 0.1) is 0 Å². The Morgan fingerprint density at radius 2 is 1.07 bits per heavy atom. The van der Waals surface area contributed by atoms with Gasteiger partial charge in [0.25, 0.3) is 0 Å². The molecule has 0 saturated heterocycles. The third kappa shape index (κ3) is 7.75. The Kier molecular flexibility index (Phi) is 10.8. The Balaban J connectivity index is 1.64. The zero-order valence-electron chi connectivity index (χ0n) is 25.5. The quantitative estimate of drug-likeness (QED) is 0.259. The third-order valence-corrected chi connectivity index (χ3v) is 9.12. The van der Waals surface area contributed by atoms with Gasteiger partial charge in [0.2, 0.25) is 0 Å². The van der Waals surface area contributed by atoms with Gasteiger partial charge in [0.15, 0.2) is 0 Å². The van der Waals surface area contributed by atoms with E-state index in [2.05, 4.69) is 0 Å². The molecule has 230 valence electrons. The molecule has 0 N–H and O–H groups in total. The van der Waals surface area contributed by atoms with Crippen molar-refractivity contribution in [2.75, 3.05) is 41.3 Å². The topological polar surface area (TPSA) is 59.1 Å². The van der Waals surface area contributed by atoms with Crippen molar-refractivity contribution in [3.63, 3.8) is 0 Å². The molecule has 6 nitrogen and oxygen atoms in total. The molecule has 8 heteroatoms. The van der Waals surface area contributed by atoms with E-state index in [1.165, 1.54) is 12.1 Å². The fourth-order valence-corrected chi connectivity index (χ4v) is 7.15. The van der Waals surface area contributed by atoms with Gasteiger partial charge in [-0.05, 0) is 90.0 Å². The highest BCUT2D eigenvalue weighted by Gasteiger charge is 2.49. The van der Waals surface area contributed by atoms with Crippen molar-refractivity contribution in [1.82, 2.24) is 9.80 Å². The van der Waals surface area contributed by atoms with Gasteiger partial charge < -0.3 is 19.3 Å². The van der Waals surface area contributed by atoms with Crippen LogP contribution in [0, 0.1) is 23.5 Å². The van der Waals surface area contributed by atoms with Crippen molar-refractivity contribution in [2.24, 2.45) is 11.8 Å². The summed E-state index contributed by atoms with van der Waals surface area (Å²) < 4.78 is 42.1. The molecule has 0 aliphatic heterocycles. The predicted molar refractivity (Wildman–Crippen MR) is 159 cm³/mol. The van der Waals surface area contributed by atoms with Crippen LogP contribution in [0.15, 0.2) is 48.5 Å². The van der Waals surface area contributed by atoms with Crippen molar-refractivity contribution in [2.45, 2.75) is 75.4 Å². The Bertz CT molecular complexity index is 1130. The van der Waals surface area contributed by atoms with Crippen LogP contribution in [0.1, 0.15) is 62.5 Å². The van der Waals surface area contributed by atoms with E-state index >= 15 is 0 Å². The minimum absolute atomic E-state index is 0.0823. The van der Waals surface area contributed by atoms with E-state index in [0.29, 0.717) is 37.1 Å². The number of carbonyl (C=O) groups excluding carboxylic acids is 2. The molecule has 4 unspecified atom stereocenters. The van der Waals surface area contributed by atoms with Crippen LogP contribution in [0.4, 0.5) is 8.78 Å². The molecule has 0 radical (unpaired) electrons.